The molecule has 0 bridgehead atoms. The maximum atomic E-state index is 5.81. The molecule has 1 aromatic rings. The van der Waals surface area contributed by atoms with Crippen molar-refractivity contribution in [3.05, 3.63) is 24.0 Å². The number of nitrogens with one attached hydrogen (secondary N) is 1. The molecule has 13 heavy (non-hydrogen) atoms. The predicted molar refractivity (Wildman–Crippen MR) is 51.6 cm³/mol. The summed E-state index contributed by atoms with van der Waals surface area (Å²) in [6.45, 7) is 3.99. The van der Waals surface area contributed by atoms with Crippen LogP contribution in [0.3, 0.4) is 0 Å². The summed E-state index contributed by atoms with van der Waals surface area (Å²) in [7, 11) is 2.03. The summed E-state index contributed by atoms with van der Waals surface area (Å²) in [5.74, 6) is 0. The number of hydrogen-bond donors (Lipinski definition) is 1. The van der Waals surface area contributed by atoms with Gasteiger partial charge in [0.05, 0.1) is 12.2 Å². The topological polar surface area (TPSA) is 26.2 Å². The predicted octanol–water partition coefficient (Wildman–Crippen LogP) is 1.07. The Morgan fingerprint density at radius 2 is 2.38 bits per heavy atom. The molecule has 1 aliphatic rings. The number of morpholine rings is 1. The van der Waals surface area contributed by atoms with E-state index < -0.39 is 0 Å². The van der Waals surface area contributed by atoms with Gasteiger partial charge < -0.3 is 14.6 Å². The molecule has 0 amide bonds. The van der Waals surface area contributed by atoms with Gasteiger partial charge in [-0.05, 0) is 18.6 Å². The maximum Gasteiger partial charge on any atom is 0.0968 e. The molecule has 0 aromatic carbocycles. The SMILES string of the molecule is CC1CNCC(c2ccn(C)c2)O1. The first-order valence-electron chi connectivity index (χ1n) is 4.74. The van der Waals surface area contributed by atoms with Gasteiger partial charge in [-0.3, -0.25) is 0 Å². The third kappa shape index (κ3) is 1.92. The number of ether oxygens (including phenoxy) is 1. The van der Waals surface area contributed by atoms with Crippen molar-refractivity contribution in [3.8, 4) is 0 Å². The minimum atomic E-state index is 0.227. The zero-order valence-corrected chi connectivity index (χ0v) is 8.16. The van der Waals surface area contributed by atoms with Crippen LogP contribution in [0.5, 0.6) is 0 Å². The highest BCUT2D eigenvalue weighted by molar-refractivity contribution is 5.14. The highest BCUT2D eigenvalue weighted by atomic mass is 16.5. The highest BCUT2D eigenvalue weighted by Crippen LogP contribution is 2.20. The van der Waals surface area contributed by atoms with Crippen molar-refractivity contribution in [2.45, 2.75) is 19.1 Å². The van der Waals surface area contributed by atoms with Gasteiger partial charge in [-0.1, -0.05) is 0 Å². The molecule has 0 spiro atoms. The van der Waals surface area contributed by atoms with E-state index in [0.717, 1.165) is 13.1 Å². The summed E-state index contributed by atoms with van der Waals surface area (Å²) in [6, 6.07) is 2.12. The largest absolute Gasteiger partial charge is 0.368 e. The fraction of sp³-hybridized carbons (Fsp3) is 0.600. The van der Waals surface area contributed by atoms with Crippen LogP contribution in [0.4, 0.5) is 0 Å². The summed E-state index contributed by atoms with van der Waals surface area (Å²) < 4.78 is 7.86. The summed E-state index contributed by atoms with van der Waals surface area (Å²) in [4.78, 5) is 0. The first kappa shape index (κ1) is 8.78. The van der Waals surface area contributed by atoms with Crippen molar-refractivity contribution in [2.24, 2.45) is 7.05 Å². The lowest BCUT2D eigenvalue weighted by molar-refractivity contribution is -0.0287. The Labute approximate surface area is 78.7 Å². The lowest BCUT2D eigenvalue weighted by Crippen LogP contribution is -2.38. The molecule has 2 rings (SSSR count). The smallest absolute Gasteiger partial charge is 0.0968 e. The Balaban J connectivity index is 2.08. The van der Waals surface area contributed by atoms with Crippen LogP contribution < -0.4 is 5.32 Å². The molecular formula is C10H16N2O. The van der Waals surface area contributed by atoms with Crippen molar-refractivity contribution in [1.29, 1.82) is 0 Å². The van der Waals surface area contributed by atoms with Gasteiger partial charge in [-0.2, -0.15) is 0 Å². The number of aromatic nitrogens is 1. The number of hydrogen-bond acceptors (Lipinski definition) is 2. The minimum absolute atomic E-state index is 0.227. The van der Waals surface area contributed by atoms with E-state index in [1.807, 2.05) is 7.05 Å². The van der Waals surface area contributed by atoms with Gasteiger partial charge in [0.15, 0.2) is 0 Å². The van der Waals surface area contributed by atoms with Crippen molar-refractivity contribution >= 4 is 0 Å². The van der Waals surface area contributed by atoms with E-state index in [-0.39, 0.29) is 6.10 Å². The molecule has 3 heteroatoms. The van der Waals surface area contributed by atoms with Crippen molar-refractivity contribution in [2.75, 3.05) is 13.1 Å². The molecule has 0 radical (unpaired) electrons. The van der Waals surface area contributed by atoms with Gasteiger partial charge in [-0.25, -0.2) is 0 Å². The molecule has 0 saturated carbocycles. The average Bonchev–Trinajstić information content (AvgIpc) is 2.52. The van der Waals surface area contributed by atoms with Crippen LogP contribution in [-0.4, -0.2) is 23.8 Å². The van der Waals surface area contributed by atoms with Crippen molar-refractivity contribution in [1.82, 2.24) is 9.88 Å². The fourth-order valence-electron chi connectivity index (χ4n) is 1.71. The average molecular weight is 180 g/mol. The molecule has 2 heterocycles. The van der Waals surface area contributed by atoms with E-state index in [0.29, 0.717) is 6.10 Å². The second kappa shape index (κ2) is 3.52. The lowest BCUT2D eigenvalue weighted by atomic mass is 10.1. The first-order chi connectivity index (χ1) is 6.25. The Morgan fingerprint density at radius 1 is 1.54 bits per heavy atom. The number of rotatable bonds is 1. The van der Waals surface area contributed by atoms with Gasteiger partial charge in [0.2, 0.25) is 0 Å². The standard InChI is InChI=1S/C10H16N2O/c1-8-5-11-6-10(13-8)9-3-4-12(2)7-9/h3-4,7-8,10-11H,5-6H2,1-2H3. The van der Waals surface area contributed by atoms with E-state index >= 15 is 0 Å². The van der Waals surface area contributed by atoms with Crippen LogP contribution in [0.25, 0.3) is 0 Å². The monoisotopic (exact) mass is 180 g/mol. The van der Waals surface area contributed by atoms with Crippen molar-refractivity contribution in [3.63, 3.8) is 0 Å². The molecule has 1 fully saturated rings. The molecular weight excluding hydrogens is 164 g/mol. The summed E-state index contributed by atoms with van der Waals surface area (Å²) in [5.41, 5.74) is 1.27. The van der Waals surface area contributed by atoms with E-state index in [1.54, 1.807) is 0 Å². The van der Waals surface area contributed by atoms with Crippen LogP contribution in [0.2, 0.25) is 0 Å². The van der Waals surface area contributed by atoms with E-state index in [1.165, 1.54) is 5.56 Å². The maximum absolute atomic E-state index is 5.81. The lowest BCUT2D eigenvalue weighted by Gasteiger charge is -2.28. The van der Waals surface area contributed by atoms with Gasteiger partial charge in [0.1, 0.15) is 0 Å². The molecule has 1 aliphatic heterocycles. The van der Waals surface area contributed by atoms with Crippen LogP contribution in [0.15, 0.2) is 18.5 Å². The summed E-state index contributed by atoms with van der Waals surface area (Å²) >= 11 is 0. The Bertz CT molecular complexity index is 282. The van der Waals surface area contributed by atoms with Crippen molar-refractivity contribution < 1.29 is 4.74 Å². The van der Waals surface area contributed by atoms with Gasteiger partial charge in [-0.15, -0.1) is 0 Å². The van der Waals surface area contributed by atoms with Gasteiger partial charge >= 0.3 is 0 Å². The number of nitrogens with zero attached hydrogens (tertiary/aromatic N) is 1. The van der Waals surface area contributed by atoms with Crippen LogP contribution >= 0.6 is 0 Å². The summed E-state index contributed by atoms with van der Waals surface area (Å²) in [6.07, 6.45) is 4.71. The van der Waals surface area contributed by atoms with Gasteiger partial charge in [0.25, 0.3) is 0 Å². The van der Waals surface area contributed by atoms with E-state index in [4.69, 9.17) is 4.74 Å². The minimum Gasteiger partial charge on any atom is -0.368 e. The van der Waals surface area contributed by atoms with Gasteiger partial charge in [0, 0.05) is 32.5 Å². The fourth-order valence-corrected chi connectivity index (χ4v) is 1.71. The van der Waals surface area contributed by atoms with E-state index in [2.05, 4.69) is 35.3 Å². The van der Waals surface area contributed by atoms with E-state index in [9.17, 15) is 0 Å². The Morgan fingerprint density at radius 3 is 3.00 bits per heavy atom. The third-order valence-electron chi connectivity index (χ3n) is 2.38. The Kier molecular flexibility index (Phi) is 2.38. The van der Waals surface area contributed by atoms with Crippen LogP contribution in [0.1, 0.15) is 18.6 Å². The third-order valence-corrected chi connectivity index (χ3v) is 2.38. The molecule has 1 aromatic heterocycles. The Hall–Kier alpha value is -0.800. The zero-order valence-electron chi connectivity index (χ0n) is 8.16. The van der Waals surface area contributed by atoms with Crippen LogP contribution in [-0.2, 0) is 11.8 Å². The molecule has 0 aliphatic carbocycles. The molecule has 1 saturated heterocycles. The quantitative estimate of drug-likeness (QED) is 0.699. The number of aryl methyl sites for hydroxylation is 1. The molecule has 1 N–H and O–H groups in total. The second-order valence-corrected chi connectivity index (χ2v) is 3.70. The molecule has 72 valence electrons. The summed E-state index contributed by atoms with van der Waals surface area (Å²) in [5, 5.41) is 3.36. The molecule has 3 nitrogen and oxygen atoms in total. The second-order valence-electron chi connectivity index (χ2n) is 3.70. The normalized spacial score (nSPS) is 29.1. The van der Waals surface area contributed by atoms with Crippen LogP contribution in [0, 0.1) is 0 Å². The molecule has 2 unspecified atom stereocenters. The molecule has 2 atom stereocenters. The highest BCUT2D eigenvalue weighted by Gasteiger charge is 2.20. The zero-order chi connectivity index (χ0) is 9.26. The first-order valence-corrected chi connectivity index (χ1v) is 4.74.